The fourth-order valence-corrected chi connectivity index (χ4v) is 4.45. The van der Waals surface area contributed by atoms with E-state index in [9.17, 15) is 4.79 Å². The van der Waals surface area contributed by atoms with Gasteiger partial charge in [-0.15, -0.1) is 10.2 Å². The van der Waals surface area contributed by atoms with Crippen molar-refractivity contribution in [2.45, 2.75) is 11.1 Å². The van der Waals surface area contributed by atoms with Gasteiger partial charge in [0.05, 0.1) is 12.9 Å². The molecule has 3 N–H and O–H groups in total. The van der Waals surface area contributed by atoms with Gasteiger partial charge in [0.2, 0.25) is 5.91 Å². The normalized spacial score (nSPS) is 12.0. The number of fused-ring (bicyclic) bond motifs is 1. The number of hydrogen-bond donors (Lipinski definition) is 3. The number of aromatic nitrogens is 4. The number of ether oxygens (including phenoxy) is 1. The van der Waals surface area contributed by atoms with Crippen molar-refractivity contribution < 1.29 is 13.9 Å². The number of methoxy groups -OCH3 is 1. The molecule has 9 heteroatoms. The topological polar surface area (TPSA) is 109 Å². The van der Waals surface area contributed by atoms with E-state index in [1.165, 1.54) is 11.8 Å². The summed E-state index contributed by atoms with van der Waals surface area (Å²) in [5.41, 5.74) is 4.02. The molecule has 0 aliphatic rings. The number of benzene rings is 2. The van der Waals surface area contributed by atoms with Gasteiger partial charge in [0.25, 0.3) is 11.1 Å². The highest BCUT2D eigenvalue weighted by Gasteiger charge is 2.20. The molecule has 0 aliphatic heterocycles. The number of para-hydroxylation sites is 1. The quantitative estimate of drug-likeness (QED) is 0.270. The average molecular weight is 474 g/mol. The van der Waals surface area contributed by atoms with E-state index in [2.05, 4.69) is 31.5 Å². The van der Waals surface area contributed by atoms with Crippen LogP contribution in [0.4, 0.5) is 0 Å². The van der Waals surface area contributed by atoms with E-state index >= 15 is 0 Å². The third kappa shape index (κ3) is 4.69. The first-order chi connectivity index (χ1) is 16.7. The summed E-state index contributed by atoms with van der Waals surface area (Å²) in [5, 5.41) is 12.6. The molecule has 0 spiro atoms. The van der Waals surface area contributed by atoms with Gasteiger partial charge >= 0.3 is 0 Å². The van der Waals surface area contributed by atoms with Crippen molar-refractivity contribution in [3.8, 4) is 17.3 Å². The van der Waals surface area contributed by atoms with Crippen LogP contribution in [0, 0.1) is 0 Å². The second-order valence-electron chi connectivity index (χ2n) is 7.67. The second-order valence-corrected chi connectivity index (χ2v) is 8.59. The third-order valence-electron chi connectivity index (χ3n) is 5.58. The highest BCUT2D eigenvalue weighted by atomic mass is 32.2. The van der Waals surface area contributed by atoms with E-state index in [1.54, 1.807) is 13.3 Å². The molecule has 1 unspecified atom stereocenters. The molecule has 5 aromatic rings. The summed E-state index contributed by atoms with van der Waals surface area (Å²) >= 11 is 1.21. The second kappa shape index (κ2) is 9.88. The van der Waals surface area contributed by atoms with E-state index in [-0.39, 0.29) is 17.6 Å². The first-order valence-electron chi connectivity index (χ1n) is 10.8. The number of amides is 1. The van der Waals surface area contributed by atoms with Crippen LogP contribution in [0.2, 0.25) is 0 Å². The van der Waals surface area contributed by atoms with Crippen LogP contribution in [0.1, 0.15) is 17.0 Å². The molecule has 3 heterocycles. The Bertz CT molecular complexity index is 1380. The molecule has 0 saturated heterocycles. The molecule has 0 saturated carbocycles. The van der Waals surface area contributed by atoms with E-state index in [0.29, 0.717) is 17.7 Å². The van der Waals surface area contributed by atoms with Gasteiger partial charge in [-0.05, 0) is 41.5 Å². The van der Waals surface area contributed by atoms with Crippen LogP contribution in [-0.4, -0.2) is 45.5 Å². The van der Waals surface area contributed by atoms with Crippen molar-refractivity contribution in [2.24, 2.45) is 0 Å². The monoisotopic (exact) mass is 473 g/mol. The summed E-state index contributed by atoms with van der Waals surface area (Å²) in [6, 6.07) is 19.8. The summed E-state index contributed by atoms with van der Waals surface area (Å²) < 4.78 is 10.9. The van der Waals surface area contributed by atoms with Gasteiger partial charge in [0.1, 0.15) is 11.4 Å². The van der Waals surface area contributed by atoms with Crippen molar-refractivity contribution in [1.82, 2.24) is 25.5 Å². The van der Waals surface area contributed by atoms with Crippen LogP contribution >= 0.6 is 11.8 Å². The number of H-pyrrole nitrogens is 2. The largest absolute Gasteiger partial charge is 0.497 e. The maximum absolute atomic E-state index is 12.7. The van der Waals surface area contributed by atoms with Crippen molar-refractivity contribution in [3.05, 3.63) is 84.2 Å². The lowest BCUT2D eigenvalue weighted by Gasteiger charge is -2.18. The van der Waals surface area contributed by atoms with Gasteiger partial charge in [0.15, 0.2) is 0 Å². The Morgan fingerprint density at radius 3 is 2.74 bits per heavy atom. The summed E-state index contributed by atoms with van der Waals surface area (Å²) in [4.78, 5) is 19.0. The minimum Gasteiger partial charge on any atom is -0.497 e. The lowest BCUT2D eigenvalue weighted by molar-refractivity contribution is -0.118. The number of nitrogens with one attached hydrogen (secondary N) is 3. The summed E-state index contributed by atoms with van der Waals surface area (Å²) in [5.74, 6) is 1.23. The minimum absolute atomic E-state index is 0.0288. The maximum Gasteiger partial charge on any atom is 0.277 e. The Kier molecular flexibility index (Phi) is 6.35. The van der Waals surface area contributed by atoms with Gasteiger partial charge in [0, 0.05) is 35.8 Å². The standard InChI is InChI=1S/C25H23N5O3S/c1-32-17-10-8-16(9-11-17)19(20-14-27-21-6-3-2-5-18(20)21)13-28-23(31)15-34-25-30-29-24(33-25)22-7-4-12-26-22/h2-12,14,19,26-27H,13,15H2,1H3,(H,28,31). The number of thioether (sulfide) groups is 1. The first-order valence-corrected chi connectivity index (χ1v) is 11.8. The molecule has 172 valence electrons. The van der Waals surface area contributed by atoms with Crippen LogP contribution in [0.15, 0.2) is 82.7 Å². The first kappa shape index (κ1) is 21.8. The Balaban J connectivity index is 1.28. The fraction of sp³-hybridized carbons (Fsp3) is 0.160. The SMILES string of the molecule is COc1ccc(C(CNC(=O)CSc2nnc(-c3ccc[nH]3)o2)c2c[nH]c3ccccc23)cc1. The van der Waals surface area contributed by atoms with Crippen molar-refractivity contribution in [1.29, 1.82) is 0 Å². The number of carbonyl (C=O) groups is 1. The number of aromatic amines is 2. The number of carbonyl (C=O) groups excluding carboxylic acids is 1. The summed E-state index contributed by atoms with van der Waals surface area (Å²) in [6.45, 7) is 0.450. The zero-order valence-electron chi connectivity index (χ0n) is 18.4. The van der Waals surface area contributed by atoms with Gasteiger partial charge < -0.3 is 24.4 Å². The molecule has 3 aromatic heterocycles. The molecule has 2 aromatic carbocycles. The molecule has 8 nitrogen and oxygen atoms in total. The predicted molar refractivity (Wildman–Crippen MR) is 131 cm³/mol. The highest BCUT2D eigenvalue weighted by molar-refractivity contribution is 7.99. The highest BCUT2D eigenvalue weighted by Crippen LogP contribution is 2.31. The Morgan fingerprint density at radius 2 is 1.94 bits per heavy atom. The summed E-state index contributed by atoms with van der Waals surface area (Å²) in [7, 11) is 1.65. The Morgan fingerprint density at radius 1 is 1.09 bits per heavy atom. The molecule has 0 aliphatic carbocycles. The number of nitrogens with zero attached hydrogens (tertiary/aromatic N) is 2. The smallest absolute Gasteiger partial charge is 0.277 e. The average Bonchev–Trinajstić information content (AvgIpc) is 3.64. The Hall–Kier alpha value is -3.98. The molecule has 0 bridgehead atoms. The van der Waals surface area contributed by atoms with Crippen molar-refractivity contribution >= 4 is 28.6 Å². The van der Waals surface area contributed by atoms with Crippen LogP contribution in [0.25, 0.3) is 22.5 Å². The number of rotatable bonds is 9. The zero-order chi connectivity index (χ0) is 23.3. The van der Waals surface area contributed by atoms with Crippen molar-refractivity contribution in [3.63, 3.8) is 0 Å². The lowest BCUT2D eigenvalue weighted by Crippen LogP contribution is -2.30. The van der Waals surface area contributed by atoms with E-state index in [0.717, 1.165) is 33.5 Å². The molecule has 0 fully saturated rings. The van der Waals surface area contributed by atoms with Crippen LogP contribution in [0.3, 0.4) is 0 Å². The number of hydrogen-bond acceptors (Lipinski definition) is 6. The van der Waals surface area contributed by atoms with Gasteiger partial charge in [-0.3, -0.25) is 4.79 Å². The zero-order valence-corrected chi connectivity index (χ0v) is 19.3. The molecular formula is C25H23N5O3S. The fourth-order valence-electron chi connectivity index (χ4n) is 3.86. The van der Waals surface area contributed by atoms with Gasteiger partial charge in [-0.25, -0.2) is 0 Å². The molecule has 5 rings (SSSR count). The minimum atomic E-state index is -0.108. The van der Waals surface area contributed by atoms with E-state index < -0.39 is 0 Å². The predicted octanol–water partition coefficient (Wildman–Crippen LogP) is 4.60. The molecular weight excluding hydrogens is 450 g/mol. The van der Waals surface area contributed by atoms with Gasteiger partial charge in [-0.1, -0.05) is 42.1 Å². The van der Waals surface area contributed by atoms with E-state index in [1.807, 2.05) is 60.8 Å². The summed E-state index contributed by atoms with van der Waals surface area (Å²) in [6.07, 6.45) is 3.80. The van der Waals surface area contributed by atoms with E-state index in [4.69, 9.17) is 9.15 Å². The third-order valence-corrected chi connectivity index (χ3v) is 6.40. The molecule has 34 heavy (non-hydrogen) atoms. The lowest BCUT2D eigenvalue weighted by atomic mass is 9.91. The van der Waals surface area contributed by atoms with Gasteiger partial charge in [-0.2, -0.15) is 0 Å². The Labute approximate surface area is 200 Å². The molecule has 1 atom stereocenters. The van der Waals surface area contributed by atoms with Crippen LogP contribution in [-0.2, 0) is 4.79 Å². The van der Waals surface area contributed by atoms with Crippen LogP contribution in [0.5, 0.6) is 5.75 Å². The molecule has 0 radical (unpaired) electrons. The van der Waals surface area contributed by atoms with Crippen molar-refractivity contribution in [2.75, 3.05) is 19.4 Å². The molecule has 1 amide bonds. The van der Waals surface area contributed by atoms with Crippen LogP contribution < -0.4 is 10.1 Å². The maximum atomic E-state index is 12.7.